The Bertz CT molecular complexity index is 756. The van der Waals surface area contributed by atoms with E-state index in [0.717, 1.165) is 55.6 Å². The Hall–Kier alpha value is -2.31. The average molecular weight is 404 g/mol. The van der Waals surface area contributed by atoms with E-state index >= 15 is 0 Å². The van der Waals surface area contributed by atoms with Crippen molar-refractivity contribution in [2.75, 3.05) is 32.8 Å². The second-order valence-electron chi connectivity index (χ2n) is 8.14. The minimum atomic E-state index is -0.351. The smallest absolute Gasteiger partial charge is 0.355 e. The maximum atomic E-state index is 12.7. The van der Waals surface area contributed by atoms with E-state index in [1.807, 2.05) is 23.6 Å². The first-order chi connectivity index (χ1) is 13.9. The fourth-order valence-electron chi connectivity index (χ4n) is 4.53. The third kappa shape index (κ3) is 4.82. The predicted molar refractivity (Wildman–Crippen MR) is 110 cm³/mol. The van der Waals surface area contributed by atoms with Gasteiger partial charge in [-0.2, -0.15) is 0 Å². The molecule has 2 amide bonds. The number of nitrogens with zero attached hydrogens (tertiary/aromatic N) is 2. The molecule has 2 fully saturated rings. The molecule has 1 aromatic rings. The number of hydrogen-bond donors (Lipinski definition) is 1. The van der Waals surface area contributed by atoms with Crippen molar-refractivity contribution in [1.82, 2.24) is 14.8 Å². The molecule has 1 N–H and O–H groups in total. The number of ether oxygens (including phenoxy) is 1. The number of carbonyl (C=O) groups excluding carboxylic acids is 3. The van der Waals surface area contributed by atoms with E-state index in [9.17, 15) is 14.4 Å². The van der Waals surface area contributed by atoms with E-state index in [1.54, 1.807) is 6.92 Å². The summed E-state index contributed by atoms with van der Waals surface area (Å²) >= 11 is 0. The van der Waals surface area contributed by atoms with Gasteiger partial charge in [-0.05, 0) is 64.0 Å². The first-order valence-electron chi connectivity index (χ1n) is 10.8. The molecule has 29 heavy (non-hydrogen) atoms. The highest BCUT2D eigenvalue weighted by atomic mass is 16.5. The Kier molecular flexibility index (Phi) is 6.98. The predicted octanol–water partition coefficient (Wildman–Crippen LogP) is 2.60. The minimum Gasteiger partial charge on any atom is -0.461 e. The maximum absolute atomic E-state index is 12.7. The van der Waals surface area contributed by atoms with Crippen LogP contribution in [0.4, 0.5) is 0 Å². The Morgan fingerprint density at radius 3 is 2.31 bits per heavy atom. The zero-order chi connectivity index (χ0) is 21.0. The van der Waals surface area contributed by atoms with Gasteiger partial charge in [0.2, 0.25) is 11.8 Å². The molecular weight excluding hydrogens is 370 g/mol. The number of H-pyrrole nitrogens is 1. The van der Waals surface area contributed by atoms with E-state index in [1.165, 1.54) is 0 Å². The molecule has 2 aliphatic heterocycles. The second kappa shape index (κ2) is 9.46. The Labute approximate surface area is 172 Å². The number of piperidine rings is 1. The molecule has 0 radical (unpaired) electrons. The maximum Gasteiger partial charge on any atom is 0.355 e. The molecule has 7 nitrogen and oxygen atoms in total. The van der Waals surface area contributed by atoms with Gasteiger partial charge in [0.15, 0.2) is 0 Å². The number of nitrogens with one attached hydrogen (secondary N) is 1. The largest absolute Gasteiger partial charge is 0.461 e. The lowest BCUT2D eigenvalue weighted by Crippen LogP contribution is -2.43. The van der Waals surface area contributed by atoms with Crippen LogP contribution in [0.5, 0.6) is 0 Å². The lowest BCUT2D eigenvalue weighted by atomic mass is 9.95. The molecule has 0 unspecified atom stereocenters. The molecule has 2 saturated heterocycles. The number of carbonyl (C=O) groups is 3. The van der Waals surface area contributed by atoms with E-state index in [-0.39, 0.29) is 23.7 Å². The van der Waals surface area contributed by atoms with Crippen LogP contribution in [0.3, 0.4) is 0 Å². The van der Waals surface area contributed by atoms with Crippen LogP contribution in [-0.2, 0) is 20.7 Å². The molecule has 0 spiro atoms. The van der Waals surface area contributed by atoms with E-state index in [0.29, 0.717) is 38.2 Å². The number of rotatable bonds is 6. The van der Waals surface area contributed by atoms with Gasteiger partial charge in [0.05, 0.1) is 6.61 Å². The van der Waals surface area contributed by atoms with Crippen molar-refractivity contribution in [3.05, 3.63) is 22.5 Å². The zero-order valence-corrected chi connectivity index (χ0v) is 17.9. The minimum absolute atomic E-state index is 0.0680. The Morgan fingerprint density at radius 2 is 1.69 bits per heavy atom. The van der Waals surface area contributed by atoms with Gasteiger partial charge in [0.25, 0.3) is 0 Å². The van der Waals surface area contributed by atoms with Gasteiger partial charge >= 0.3 is 5.97 Å². The summed E-state index contributed by atoms with van der Waals surface area (Å²) in [5.41, 5.74) is 3.27. The number of esters is 1. The first kappa shape index (κ1) is 21.4. The highest BCUT2D eigenvalue weighted by Gasteiger charge is 2.31. The highest BCUT2D eigenvalue weighted by molar-refractivity contribution is 5.90. The third-order valence-corrected chi connectivity index (χ3v) is 6.28. The van der Waals surface area contributed by atoms with Gasteiger partial charge in [-0.1, -0.05) is 0 Å². The lowest BCUT2D eigenvalue weighted by molar-refractivity contribution is -0.140. The Morgan fingerprint density at radius 1 is 1.03 bits per heavy atom. The summed E-state index contributed by atoms with van der Waals surface area (Å²) in [6.07, 6.45) is 4.75. The van der Waals surface area contributed by atoms with Gasteiger partial charge in [0.1, 0.15) is 5.69 Å². The topological polar surface area (TPSA) is 82.7 Å². The summed E-state index contributed by atoms with van der Waals surface area (Å²) in [4.78, 5) is 44.3. The van der Waals surface area contributed by atoms with Crippen molar-refractivity contribution in [1.29, 1.82) is 0 Å². The van der Waals surface area contributed by atoms with Crippen LogP contribution in [0.15, 0.2) is 0 Å². The summed E-state index contributed by atoms with van der Waals surface area (Å²) in [5.74, 6) is 0.114. The molecule has 7 heteroatoms. The van der Waals surface area contributed by atoms with Crippen LogP contribution in [0.1, 0.15) is 66.3 Å². The van der Waals surface area contributed by atoms with Crippen molar-refractivity contribution in [3.63, 3.8) is 0 Å². The summed E-state index contributed by atoms with van der Waals surface area (Å²) in [5, 5.41) is 0. The molecule has 0 bridgehead atoms. The number of amides is 2. The van der Waals surface area contributed by atoms with Crippen molar-refractivity contribution < 1.29 is 19.1 Å². The van der Waals surface area contributed by atoms with Gasteiger partial charge in [-0.3, -0.25) is 9.59 Å². The molecule has 0 aliphatic carbocycles. The van der Waals surface area contributed by atoms with Gasteiger partial charge < -0.3 is 19.5 Å². The third-order valence-electron chi connectivity index (χ3n) is 6.28. The fraction of sp³-hybridized carbons (Fsp3) is 0.682. The van der Waals surface area contributed by atoms with Crippen LogP contribution >= 0.6 is 0 Å². The van der Waals surface area contributed by atoms with Crippen LogP contribution in [-0.4, -0.2) is 65.4 Å². The zero-order valence-electron chi connectivity index (χ0n) is 17.9. The van der Waals surface area contributed by atoms with E-state index in [2.05, 4.69) is 4.98 Å². The normalized spacial score (nSPS) is 17.6. The van der Waals surface area contributed by atoms with Gasteiger partial charge in [-0.25, -0.2) is 4.79 Å². The van der Waals surface area contributed by atoms with Crippen molar-refractivity contribution >= 4 is 17.8 Å². The summed E-state index contributed by atoms with van der Waals surface area (Å²) in [6.45, 7) is 9.02. The molecule has 0 atom stereocenters. The van der Waals surface area contributed by atoms with Crippen LogP contribution in [0.2, 0.25) is 0 Å². The summed E-state index contributed by atoms with van der Waals surface area (Å²) < 4.78 is 5.09. The molecule has 1 aromatic heterocycles. The molecule has 3 rings (SSSR count). The summed E-state index contributed by atoms with van der Waals surface area (Å²) in [6, 6.07) is 0. The SMILES string of the molecule is CCOC(=O)c1[nH]c(C)c(CCC(=O)N2CCC(C(=O)N3CCCC3)CC2)c1C. The number of likely N-dealkylation sites (tertiary alicyclic amines) is 2. The van der Waals surface area contributed by atoms with Crippen LogP contribution in [0.25, 0.3) is 0 Å². The molecular formula is C22H33N3O4. The second-order valence-corrected chi connectivity index (χ2v) is 8.14. The number of aryl methyl sites for hydroxylation is 1. The lowest BCUT2D eigenvalue weighted by Gasteiger charge is -2.33. The van der Waals surface area contributed by atoms with E-state index in [4.69, 9.17) is 4.74 Å². The monoisotopic (exact) mass is 403 g/mol. The highest BCUT2D eigenvalue weighted by Crippen LogP contribution is 2.24. The van der Waals surface area contributed by atoms with Crippen molar-refractivity contribution in [2.24, 2.45) is 5.92 Å². The molecule has 3 heterocycles. The molecule has 2 aliphatic rings. The van der Waals surface area contributed by atoms with Crippen molar-refractivity contribution in [2.45, 2.75) is 59.3 Å². The number of hydrogen-bond acceptors (Lipinski definition) is 4. The van der Waals surface area contributed by atoms with Crippen LogP contribution < -0.4 is 0 Å². The number of aromatic nitrogens is 1. The van der Waals surface area contributed by atoms with Gasteiger partial charge in [0, 0.05) is 44.2 Å². The molecule has 160 valence electrons. The molecule has 0 saturated carbocycles. The standard InChI is InChI=1S/C22H33N3O4/c1-4-29-22(28)20-15(2)18(16(3)23-20)7-8-19(26)24-13-9-17(10-14-24)21(27)25-11-5-6-12-25/h17,23H,4-14H2,1-3H3. The van der Waals surface area contributed by atoms with E-state index < -0.39 is 0 Å². The van der Waals surface area contributed by atoms with Crippen molar-refractivity contribution in [3.8, 4) is 0 Å². The fourth-order valence-corrected chi connectivity index (χ4v) is 4.53. The quantitative estimate of drug-likeness (QED) is 0.740. The number of aromatic amines is 1. The van der Waals surface area contributed by atoms with Crippen LogP contribution in [0, 0.1) is 19.8 Å². The average Bonchev–Trinajstić information content (AvgIpc) is 3.35. The first-order valence-corrected chi connectivity index (χ1v) is 10.8. The Balaban J connectivity index is 1.50. The van der Waals surface area contributed by atoms with Gasteiger partial charge in [-0.15, -0.1) is 0 Å². The summed E-state index contributed by atoms with van der Waals surface area (Å²) in [7, 11) is 0. The molecule has 0 aromatic carbocycles.